The summed E-state index contributed by atoms with van der Waals surface area (Å²) >= 11 is 6.29. The fraction of sp³-hybridized carbons (Fsp3) is 0.154. The van der Waals surface area contributed by atoms with Gasteiger partial charge in [-0.05, 0) is 78.7 Å². The lowest BCUT2D eigenvalue weighted by atomic mass is 10.0. The number of ketones is 1. The Morgan fingerprint density at radius 2 is 1.64 bits per heavy atom. The Morgan fingerprint density at radius 1 is 1.00 bits per heavy atom. The Morgan fingerprint density at radius 3 is 2.24 bits per heavy atom. The summed E-state index contributed by atoms with van der Waals surface area (Å²) < 4.78 is 29.3. The summed E-state index contributed by atoms with van der Waals surface area (Å²) in [5.41, 5.74) is 1.39. The number of ether oxygens (including phenoxy) is 3. The normalized spacial score (nSPS) is 10.8. The van der Waals surface area contributed by atoms with E-state index in [-0.39, 0.29) is 11.5 Å². The van der Waals surface area contributed by atoms with Crippen LogP contribution in [0.1, 0.15) is 34.8 Å². The highest BCUT2D eigenvalue weighted by atomic mass is 35.5. The molecule has 0 bridgehead atoms. The van der Waals surface area contributed by atoms with E-state index in [4.69, 9.17) is 25.8 Å². The van der Waals surface area contributed by atoms with E-state index in [0.29, 0.717) is 39.8 Å². The summed E-state index contributed by atoms with van der Waals surface area (Å²) in [5.74, 6) is -0.0806. The molecule has 3 aromatic rings. The van der Waals surface area contributed by atoms with Gasteiger partial charge in [-0.25, -0.2) is 9.18 Å². The van der Waals surface area contributed by atoms with Crippen LogP contribution in [0, 0.1) is 5.82 Å². The van der Waals surface area contributed by atoms with Crippen molar-refractivity contribution in [2.45, 2.75) is 13.3 Å². The molecule has 0 aliphatic carbocycles. The number of methoxy groups -OCH3 is 1. The smallest absolute Gasteiger partial charge is 0.336 e. The first-order chi connectivity index (χ1) is 15.9. The number of hydrogen-bond acceptors (Lipinski definition) is 5. The third-order valence-electron chi connectivity index (χ3n) is 4.56. The lowest BCUT2D eigenvalue weighted by molar-refractivity contribution is -0.128. The van der Waals surface area contributed by atoms with Crippen LogP contribution >= 0.6 is 11.6 Å². The van der Waals surface area contributed by atoms with Crippen LogP contribution in [0.4, 0.5) is 4.39 Å². The van der Waals surface area contributed by atoms with Crippen LogP contribution in [-0.4, -0.2) is 25.5 Å². The number of carbonyl (C=O) groups is 2. The molecule has 0 aromatic heterocycles. The van der Waals surface area contributed by atoms with Crippen LogP contribution < -0.4 is 14.2 Å². The van der Waals surface area contributed by atoms with Crippen LogP contribution in [0.2, 0.25) is 5.02 Å². The molecule has 0 fully saturated rings. The van der Waals surface area contributed by atoms with Crippen molar-refractivity contribution >= 4 is 29.4 Å². The average molecular weight is 469 g/mol. The van der Waals surface area contributed by atoms with E-state index in [9.17, 15) is 14.0 Å². The molecule has 0 saturated heterocycles. The quantitative estimate of drug-likeness (QED) is 0.164. The van der Waals surface area contributed by atoms with Crippen molar-refractivity contribution in [3.8, 4) is 17.2 Å². The summed E-state index contributed by atoms with van der Waals surface area (Å²) in [6.07, 6.45) is 3.64. The predicted molar refractivity (Wildman–Crippen MR) is 125 cm³/mol. The lowest BCUT2D eigenvalue weighted by Gasteiger charge is -2.12. The highest BCUT2D eigenvalue weighted by molar-refractivity contribution is 6.32. The maximum absolute atomic E-state index is 13.0. The highest BCUT2D eigenvalue weighted by Gasteiger charge is 2.12. The maximum Gasteiger partial charge on any atom is 0.336 e. The Labute approximate surface area is 196 Å². The molecule has 0 saturated carbocycles. The molecule has 0 N–H and O–H groups in total. The molecule has 5 nitrogen and oxygen atoms in total. The van der Waals surface area contributed by atoms with Gasteiger partial charge in [0.1, 0.15) is 11.6 Å². The summed E-state index contributed by atoms with van der Waals surface area (Å²) in [4.78, 5) is 24.6. The summed E-state index contributed by atoms with van der Waals surface area (Å²) in [7, 11) is 1.51. The molecular weight excluding hydrogens is 447 g/mol. The minimum Gasteiger partial charge on any atom is -0.493 e. The third-order valence-corrected chi connectivity index (χ3v) is 4.84. The van der Waals surface area contributed by atoms with E-state index >= 15 is 0 Å². The Bertz CT molecular complexity index is 1150. The molecule has 7 heteroatoms. The van der Waals surface area contributed by atoms with E-state index in [1.54, 1.807) is 18.2 Å². The largest absolute Gasteiger partial charge is 0.493 e. The van der Waals surface area contributed by atoms with E-state index in [2.05, 4.69) is 0 Å². The van der Waals surface area contributed by atoms with Gasteiger partial charge in [0.15, 0.2) is 17.3 Å². The molecule has 0 atom stereocenters. The van der Waals surface area contributed by atoms with Crippen LogP contribution in [0.5, 0.6) is 17.2 Å². The van der Waals surface area contributed by atoms with Gasteiger partial charge in [-0.15, -0.1) is 0 Å². The van der Waals surface area contributed by atoms with Gasteiger partial charge < -0.3 is 14.2 Å². The van der Waals surface area contributed by atoms with E-state index in [0.717, 1.165) is 6.42 Å². The molecule has 0 aliphatic heterocycles. The summed E-state index contributed by atoms with van der Waals surface area (Å²) in [6.45, 7) is 2.49. The molecule has 3 aromatic carbocycles. The molecule has 0 heterocycles. The maximum atomic E-state index is 13.0. The second-order valence-corrected chi connectivity index (χ2v) is 7.40. The Kier molecular flexibility index (Phi) is 8.22. The average Bonchev–Trinajstić information content (AvgIpc) is 2.82. The first kappa shape index (κ1) is 24.0. The standard InChI is InChI=1S/C26H22ClFO5/c1-3-14-32-26-22(27)15-17(16-23(26)31-2)4-13-24(29)33-21-11-7-19(8-12-21)25(30)18-5-9-20(28)10-6-18/h4-13,15-16H,3,14H2,1-2H3. The number of benzene rings is 3. The predicted octanol–water partition coefficient (Wildman–Crippen LogP) is 6.13. The molecule has 0 unspecified atom stereocenters. The van der Waals surface area contributed by atoms with Gasteiger partial charge in [0, 0.05) is 17.2 Å². The molecule has 170 valence electrons. The van der Waals surface area contributed by atoms with Crippen LogP contribution in [0.25, 0.3) is 6.08 Å². The number of carbonyl (C=O) groups excluding carboxylic acids is 2. The van der Waals surface area contributed by atoms with Gasteiger partial charge in [-0.1, -0.05) is 18.5 Å². The molecule has 0 spiro atoms. The Hall–Kier alpha value is -3.64. The van der Waals surface area contributed by atoms with Crippen molar-refractivity contribution in [1.82, 2.24) is 0 Å². The zero-order valence-corrected chi connectivity index (χ0v) is 18.9. The number of rotatable bonds is 9. The van der Waals surface area contributed by atoms with Crippen molar-refractivity contribution in [3.05, 3.63) is 94.3 Å². The SMILES string of the molecule is CCCOc1c(Cl)cc(C=CC(=O)Oc2ccc(C(=O)c3ccc(F)cc3)cc2)cc1OC. The fourth-order valence-corrected chi connectivity index (χ4v) is 3.21. The van der Waals surface area contributed by atoms with Crippen molar-refractivity contribution in [3.63, 3.8) is 0 Å². The van der Waals surface area contributed by atoms with E-state index in [1.165, 1.54) is 61.7 Å². The zero-order chi connectivity index (χ0) is 23.8. The second kappa shape index (κ2) is 11.3. The van der Waals surface area contributed by atoms with Gasteiger partial charge in [0.25, 0.3) is 0 Å². The molecule has 0 radical (unpaired) electrons. The second-order valence-electron chi connectivity index (χ2n) is 7.00. The lowest BCUT2D eigenvalue weighted by Crippen LogP contribution is -2.05. The van der Waals surface area contributed by atoms with Crippen molar-refractivity contribution in [1.29, 1.82) is 0 Å². The Balaban J connectivity index is 1.65. The van der Waals surface area contributed by atoms with Crippen molar-refractivity contribution < 1.29 is 28.2 Å². The van der Waals surface area contributed by atoms with Crippen molar-refractivity contribution in [2.24, 2.45) is 0 Å². The van der Waals surface area contributed by atoms with Gasteiger partial charge in [-0.3, -0.25) is 4.79 Å². The number of hydrogen-bond donors (Lipinski definition) is 0. The first-order valence-electron chi connectivity index (χ1n) is 10.2. The molecule has 33 heavy (non-hydrogen) atoms. The van der Waals surface area contributed by atoms with Crippen LogP contribution in [0.15, 0.2) is 66.7 Å². The minimum atomic E-state index is -0.603. The summed E-state index contributed by atoms with van der Waals surface area (Å²) in [6, 6.07) is 14.8. The number of halogens is 2. The van der Waals surface area contributed by atoms with Gasteiger partial charge >= 0.3 is 5.97 Å². The first-order valence-corrected chi connectivity index (χ1v) is 10.6. The van der Waals surface area contributed by atoms with Crippen LogP contribution in [0.3, 0.4) is 0 Å². The highest BCUT2D eigenvalue weighted by Crippen LogP contribution is 2.36. The van der Waals surface area contributed by atoms with Gasteiger partial charge in [0.05, 0.1) is 18.7 Å². The van der Waals surface area contributed by atoms with E-state index in [1.807, 2.05) is 6.92 Å². The molecular formula is C26H22ClFO5. The zero-order valence-electron chi connectivity index (χ0n) is 18.1. The molecule has 0 amide bonds. The fourth-order valence-electron chi connectivity index (χ4n) is 2.94. The van der Waals surface area contributed by atoms with Gasteiger partial charge in [0.2, 0.25) is 0 Å². The topological polar surface area (TPSA) is 61.8 Å². The molecule has 3 rings (SSSR count). The monoisotopic (exact) mass is 468 g/mol. The van der Waals surface area contributed by atoms with Crippen molar-refractivity contribution in [2.75, 3.05) is 13.7 Å². The summed E-state index contributed by atoms with van der Waals surface area (Å²) in [5, 5.41) is 0.372. The van der Waals surface area contributed by atoms with E-state index < -0.39 is 11.8 Å². The molecule has 0 aliphatic rings. The van der Waals surface area contributed by atoms with Gasteiger partial charge in [-0.2, -0.15) is 0 Å². The number of esters is 1. The van der Waals surface area contributed by atoms with Crippen LogP contribution in [-0.2, 0) is 4.79 Å². The minimum absolute atomic E-state index is 0.259. The third kappa shape index (κ3) is 6.43.